The molecule has 3 aromatic rings. The van der Waals surface area contributed by atoms with Gasteiger partial charge in [-0.15, -0.1) is 0 Å². The fraction of sp³-hybridized carbons (Fsp3) is 0.231. The Bertz CT molecular complexity index is 1300. The van der Waals surface area contributed by atoms with Crippen molar-refractivity contribution in [3.8, 4) is 0 Å². The van der Waals surface area contributed by atoms with Gasteiger partial charge in [-0.25, -0.2) is 17.6 Å². The highest BCUT2D eigenvalue weighted by Crippen LogP contribution is 2.22. The van der Waals surface area contributed by atoms with Gasteiger partial charge in [0, 0.05) is 22.8 Å². The van der Waals surface area contributed by atoms with E-state index in [1.54, 1.807) is 6.07 Å². The summed E-state index contributed by atoms with van der Waals surface area (Å²) in [6, 6.07) is 17.3. The molecule has 0 aliphatic rings. The van der Waals surface area contributed by atoms with E-state index < -0.39 is 34.3 Å². The van der Waals surface area contributed by atoms with E-state index in [-0.39, 0.29) is 17.0 Å². The molecule has 0 bridgehead atoms. The number of sulfonamides is 1. The maximum Gasteiger partial charge on any atom is 0.338 e. The van der Waals surface area contributed by atoms with Gasteiger partial charge >= 0.3 is 5.97 Å². The Labute approximate surface area is 214 Å². The molecule has 0 unspecified atom stereocenters. The zero-order valence-electron chi connectivity index (χ0n) is 19.6. The van der Waals surface area contributed by atoms with Crippen molar-refractivity contribution in [2.45, 2.75) is 31.2 Å². The number of nitrogens with one attached hydrogen (secondary N) is 1. The summed E-state index contributed by atoms with van der Waals surface area (Å²) in [6.07, 6.45) is 1.67. The molecule has 190 valence electrons. The standard InChI is InChI=1S/C26H26ClFN2O5S/c1-2-3-16-35-26(32)19-8-12-22(13-9-19)29-25(31)18-30(17-20-6-4-5-7-24(20)28)36(33,34)23-14-10-21(27)11-15-23/h4-15H,2-3,16-18H2,1H3,(H,29,31). The van der Waals surface area contributed by atoms with Crippen molar-refractivity contribution in [2.24, 2.45) is 0 Å². The minimum atomic E-state index is -4.16. The van der Waals surface area contributed by atoms with Crippen molar-refractivity contribution in [1.82, 2.24) is 4.31 Å². The number of ether oxygens (including phenoxy) is 1. The molecule has 7 nitrogen and oxygen atoms in total. The van der Waals surface area contributed by atoms with Crippen LogP contribution in [0.2, 0.25) is 5.02 Å². The highest BCUT2D eigenvalue weighted by Gasteiger charge is 2.28. The molecule has 0 aromatic heterocycles. The topological polar surface area (TPSA) is 92.8 Å². The van der Waals surface area contributed by atoms with Gasteiger partial charge < -0.3 is 10.1 Å². The van der Waals surface area contributed by atoms with Gasteiger partial charge in [-0.05, 0) is 61.0 Å². The number of carbonyl (C=O) groups excluding carboxylic acids is 2. The van der Waals surface area contributed by atoms with Crippen LogP contribution in [0.25, 0.3) is 0 Å². The molecule has 0 saturated carbocycles. The van der Waals surface area contributed by atoms with Crippen LogP contribution < -0.4 is 5.32 Å². The maximum absolute atomic E-state index is 14.3. The van der Waals surface area contributed by atoms with Crippen molar-refractivity contribution < 1.29 is 27.1 Å². The predicted octanol–water partition coefficient (Wildman–Crippen LogP) is 5.27. The van der Waals surface area contributed by atoms with E-state index in [4.69, 9.17) is 16.3 Å². The van der Waals surface area contributed by atoms with E-state index in [1.807, 2.05) is 6.92 Å². The molecule has 0 radical (unpaired) electrons. The fourth-order valence-electron chi connectivity index (χ4n) is 3.24. The van der Waals surface area contributed by atoms with Crippen molar-refractivity contribution in [1.29, 1.82) is 0 Å². The summed E-state index contributed by atoms with van der Waals surface area (Å²) in [4.78, 5) is 24.8. The van der Waals surface area contributed by atoms with Crippen LogP contribution in [-0.2, 0) is 26.1 Å². The summed E-state index contributed by atoms with van der Waals surface area (Å²) >= 11 is 5.88. The number of hydrogen-bond acceptors (Lipinski definition) is 5. The normalized spacial score (nSPS) is 11.3. The number of hydrogen-bond donors (Lipinski definition) is 1. The van der Waals surface area contributed by atoms with E-state index in [0.717, 1.165) is 17.1 Å². The molecular formula is C26H26ClFN2O5S. The minimum Gasteiger partial charge on any atom is -0.462 e. The van der Waals surface area contributed by atoms with Crippen LogP contribution in [0, 0.1) is 5.82 Å². The number of amides is 1. The van der Waals surface area contributed by atoms with Crippen LogP contribution in [0.15, 0.2) is 77.7 Å². The first-order chi connectivity index (χ1) is 17.2. The number of benzene rings is 3. The number of unbranched alkanes of at least 4 members (excludes halogenated alkanes) is 1. The monoisotopic (exact) mass is 532 g/mol. The van der Waals surface area contributed by atoms with E-state index >= 15 is 0 Å². The van der Waals surface area contributed by atoms with Gasteiger partial charge in [-0.2, -0.15) is 4.31 Å². The Balaban J connectivity index is 1.76. The zero-order chi connectivity index (χ0) is 26.1. The molecule has 36 heavy (non-hydrogen) atoms. The Morgan fingerprint density at radius 2 is 1.67 bits per heavy atom. The van der Waals surface area contributed by atoms with Crippen molar-refractivity contribution in [2.75, 3.05) is 18.5 Å². The van der Waals surface area contributed by atoms with Crippen molar-refractivity contribution in [3.63, 3.8) is 0 Å². The molecule has 0 saturated heterocycles. The molecule has 0 atom stereocenters. The molecule has 0 spiro atoms. The highest BCUT2D eigenvalue weighted by molar-refractivity contribution is 7.89. The van der Waals surface area contributed by atoms with Gasteiger partial charge in [-0.1, -0.05) is 43.1 Å². The molecule has 0 aliphatic carbocycles. The Morgan fingerprint density at radius 3 is 2.31 bits per heavy atom. The Kier molecular flexibility index (Phi) is 9.58. The van der Waals surface area contributed by atoms with Gasteiger partial charge in [0.25, 0.3) is 0 Å². The largest absolute Gasteiger partial charge is 0.462 e. The lowest BCUT2D eigenvalue weighted by atomic mass is 10.2. The maximum atomic E-state index is 14.3. The third-order valence-electron chi connectivity index (χ3n) is 5.21. The van der Waals surface area contributed by atoms with Gasteiger partial charge in [0.2, 0.25) is 15.9 Å². The van der Waals surface area contributed by atoms with E-state index in [9.17, 15) is 22.4 Å². The molecular weight excluding hydrogens is 507 g/mol. The van der Waals surface area contributed by atoms with E-state index in [2.05, 4.69) is 5.32 Å². The molecule has 1 N–H and O–H groups in total. The Morgan fingerprint density at radius 1 is 1.00 bits per heavy atom. The van der Waals surface area contributed by atoms with Crippen molar-refractivity contribution in [3.05, 3.63) is 94.8 Å². The second-order valence-corrected chi connectivity index (χ2v) is 10.3. The molecule has 3 aromatic carbocycles. The fourth-order valence-corrected chi connectivity index (χ4v) is 4.74. The number of esters is 1. The molecule has 10 heteroatoms. The van der Waals surface area contributed by atoms with Gasteiger partial charge in [-0.3, -0.25) is 4.79 Å². The van der Waals surface area contributed by atoms with E-state index in [1.165, 1.54) is 66.7 Å². The summed E-state index contributed by atoms with van der Waals surface area (Å²) in [6.45, 7) is 1.39. The molecule has 0 heterocycles. The summed E-state index contributed by atoms with van der Waals surface area (Å²) in [7, 11) is -4.16. The first-order valence-corrected chi connectivity index (χ1v) is 13.1. The van der Waals surface area contributed by atoms with Gasteiger partial charge in [0.15, 0.2) is 0 Å². The van der Waals surface area contributed by atoms with Crippen LogP contribution in [0.5, 0.6) is 0 Å². The lowest BCUT2D eigenvalue weighted by Gasteiger charge is -2.22. The van der Waals surface area contributed by atoms with E-state index in [0.29, 0.717) is 22.9 Å². The second kappa shape index (κ2) is 12.6. The molecule has 0 aliphatic heterocycles. The number of anilines is 1. The second-order valence-electron chi connectivity index (χ2n) is 7.93. The third-order valence-corrected chi connectivity index (χ3v) is 7.27. The molecule has 3 rings (SSSR count). The minimum absolute atomic E-state index is 0.0815. The van der Waals surface area contributed by atoms with Gasteiger partial charge in [0.05, 0.1) is 23.6 Å². The summed E-state index contributed by atoms with van der Waals surface area (Å²) in [5, 5.41) is 2.96. The summed E-state index contributed by atoms with van der Waals surface area (Å²) in [5.74, 6) is -1.69. The predicted molar refractivity (Wildman–Crippen MR) is 136 cm³/mol. The highest BCUT2D eigenvalue weighted by atomic mass is 35.5. The SMILES string of the molecule is CCCCOC(=O)c1ccc(NC(=O)CN(Cc2ccccc2F)S(=O)(=O)c2ccc(Cl)cc2)cc1. The first kappa shape index (κ1) is 27.3. The zero-order valence-corrected chi connectivity index (χ0v) is 21.2. The average Bonchev–Trinajstić information content (AvgIpc) is 2.85. The number of nitrogens with zero attached hydrogens (tertiary/aromatic N) is 1. The quantitative estimate of drug-likeness (QED) is 0.268. The van der Waals surface area contributed by atoms with Crippen LogP contribution in [0.1, 0.15) is 35.7 Å². The molecule has 1 amide bonds. The Hall–Kier alpha value is -3.27. The van der Waals surface area contributed by atoms with Crippen LogP contribution in [0.4, 0.5) is 10.1 Å². The molecule has 0 fully saturated rings. The van der Waals surface area contributed by atoms with Crippen molar-refractivity contribution >= 4 is 39.2 Å². The number of carbonyl (C=O) groups is 2. The first-order valence-electron chi connectivity index (χ1n) is 11.3. The van der Waals surface area contributed by atoms with Crippen LogP contribution in [0.3, 0.4) is 0 Å². The third kappa shape index (κ3) is 7.36. The average molecular weight is 533 g/mol. The lowest BCUT2D eigenvalue weighted by Crippen LogP contribution is -2.37. The van der Waals surface area contributed by atoms with Gasteiger partial charge in [0.1, 0.15) is 5.82 Å². The van der Waals surface area contributed by atoms with Crippen LogP contribution in [-0.4, -0.2) is 37.8 Å². The van der Waals surface area contributed by atoms with Crippen LogP contribution >= 0.6 is 11.6 Å². The smallest absolute Gasteiger partial charge is 0.338 e. The number of rotatable bonds is 11. The number of halogens is 2. The lowest BCUT2D eigenvalue weighted by molar-refractivity contribution is -0.116. The summed E-state index contributed by atoms with van der Waals surface area (Å²) in [5.41, 5.74) is 0.809. The summed E-state index contributed by atoms with van der Waals surface area (Å²) < 4.78 is 47.0.